The first-order chi connectivity index (χ1) is 8.97. The first-order valence-corrected chi connectivity index (χ1v) is 6.56. The van der Waals surface area contributed by atoms with Gasteiger partial charge in [0.1, 0.15) is 5.00 Å². The van der Waals surface area contributed by atoms with Crippen LogP contribution in [0.5, 0.6) is 0 Å². The molecular formula is C13H16N2O3S. The van der Waals surface area contributed by atoms with Crippen molar-refractivity contribution in [2.24, 2.45) is 0 Å². The van der Waals surface area contributed by atoms with Crippen molar-refractivity contribution in [3.05, 3.63) is 16.0 Å². The number of carboxylic acid groups (broad SMARTS) is 1. The molecule has 1 aromatic rings. The molecule has 1 aromatic heterocycles. The van der Waals surface area contributed by atoms with E-state index in [1.807, 2.05) is 6.92 Å². The number of aryl methyl sites for hydroxylation is 1. The summed E-state index contributed by atoms with van der Waals surface area (Å²) in [5.41, 5.74) is 0.843. The van der Waals surface area contributed by atoms with Crippen LogP contribution in [0.2, 0.25) is 0 Å². The van der Waals surface area contributed by atoms with E-state index in [1.54, 1.807) is 13.8 Å². The molecule has 19 heavy (non-hydrogen) atoms. The molecular weight excluding hydrogens is 264 g/mol. The van der Waals surface area contributed by atoms with Gasteiger partial charge in [0.2, 0.25) is 0 Å². The average Bonchev–Trinajstić information content (AvgIpc) is 2.60. The number of thiophene rings is 1. The number of aromatic carboxylic acids is 1. The summed E-state index contributed by atoms with van der Waals surface area (Å²) in [4.78, 5) is 23.6. The summed E-state index contributed by atoms with van der Waals surface area (Å²) in [6.07, 6.45) is 0.568. The highest BCUT2D eigenvalue weighted by Crippen LogP contribution is 2.32. The van der Waals surface area contributed by atoms with E-state index in [9.17, 15) is 9.59 Å². The highest BCUT2D eigenvalue weighted by atomic mass is 32.1. The Morgan fingerprint density at radius 1 is 1.37 bits per heavy atom. The maximum Gasteiger partial charge on any atom is 0.338 e. The number of hydrogen-bond acceptors (Lipinski definition) is 3. The van der Waals surface area contributed by atoms with E-state index in [0.717, 1.165) is 4.88 Å². The van der Waals surface area contributed by atoms with Gasteiger partial charge in [-0.05, 0) is 26.3 Å². The van der Waals surface area contributed by atoms with Crippen LogP contribution < -0.4 is 10.6 Å². The second kappa shape index (κ2) is 6.81. The van der Waals surface area contributed by atoms with Crippen LogP contribution in [-0.2, 0) is 0 Å². The molecule has 0 saturated heterocycles. The summed E-state index contributed by atoms with van der Waals surface area (Å²) in [6, 6.07) is -0.415. The van der Waals surface area contributed by atoms with Gasteiger partial charge >= 0.3 is 12.0 Å². The largest absolute Gasteiger partial charge is 0.478 e. The maximum atomic E-state index is 11.6. The first-order valence-electron chi connectivity index (χ1n) is 5.75. The van der Waals surface area contributed by atoms with Gasteiger partial charge in [0.25, 0.3) is 0 Å². The number of anilines is 1. The van der Waals surface area contributed by atoms with Crippen molar-refractivity contribution in [3.8, 4) is 11.8 Å². The molecule has 0 unspecified atom stereocenters. The van der Waals surface area contributed by atoms with Crippen molar-refractivity contribution in [3.63, 3.8) is 0 Å². The Kier molecular flexibility index (Phi) is 5.39. The van der Waals surface area contributed by atoms with Gasteiger partial charge in [0.15, 0.2) is 0 Å². The highest BCUT2D eigenvalue weighted by Gasteiger charge is 2.19. The zero-order valence-electron chi connectivity index (χ0n) is 11.1. The van der Waals surface area contributed by atoms with Crippen LogP contribution >= 0.6 is 11.3 Å². The van der Waals surface area contributed by atoms with Crippen molar-refractivity contribution in [2.75, 3.05) is 11.9 Å². The van der Waals surface area contributed by atoms with Gasteiger partial charge in [0, 0.05) is 17.8 Å². The van der Waals surface area contributed by atoms with E-state index in [4.69, 9.17) is 5.11 Å². The summed E-state index contributed by atoms with van der Waals surface area (Å²) < 4.78 is 0. The Labute approximate surface area is 116 Å². The second-order valence-electron chi connectivity index (χ2n) is 3.85. The Balaban J connectivity index is 2.71. The third-order valence-corrected chi connectivity index (χ3v) is 3.66. The molecule has 1 rings (SSSR count). The summed E-state index contributed by atoms with van der Waals surface area (Å²) in [6.45, 7) is 5.72. The Morgan fingerprint density at radius 2 is 2.05 bits per heavy atom. The first kappa shape index (κ1) is 15.1. The van der Waals surface area contributed by atoms with Gasteiger partial charge in [-0.1, -0.05) is 0 Å². The smallest absolute Gasteiger partial charge is 0.338 e. The van der Waals surface area contributed by atoms with Crippen LogP contribution in [-0.4, -0.2) is 23.7 Å². The molecule has 0 fully saturated rings. The highest BCUT2D eigenvalue weighted by molar-refractivity contribution is 7.16. The van der Waals surface area contributed by atoms with Gasteiger partial charge in [-0.3, -0.25) is 5.32 Å². The molecule has 6 heteroatoms. The lowest BCUT2D eigenvalue weighted by Gasteiger charge is -2.05. The average molecular weight is 280 g/mol. The van der Waals surface area contributed by atoms with Crippen molar-refractivity contribution in [1.29, 1.82) is 0 Å². The normalized spacial score (nSPS) is 9.42. The molecule has 0 radical (unpaired) electrons. The fraction of sp³-hybridized carbons (Fsp3) is 0.385. The van der Waals surface area contributed by atoms with Crippen LogP contribution in [0.3, 0.4) is 0 Å². The van der Waals surface area contributed by atoms with Crippen LogP contribution in [0.15, 0.2) is 0 Å². The number of carboxylic acids is 1. The number of urea groups is 1. The van der Waals surface area contributed by atoms with Gasteiger partial charge < -0.3 is 10.4 Å². The SMILES string of the molecule is CC#CCCNC(=O)Nc1sc(C)c(C)c1C(=O)O. The molecule has 102 valence electrons. The lowest BCUT2D eigenvalue weighted by atomic mass is 10.1. The fourth-order valence-corrected chi connectivity index (χ4v) is 2.53. The number of carbonyl (C=O) groups excluding carboxylic acids is 1. The Morgan fingerprint density at radius 3 is 2.63 bits per heavy atom. The summed E-state index contributed by atoms with van der Waals surface area (Å²) in [5.74, 6) is 4.52. The molecule has 0 spiro atoms. The maximum absolute atomic E-state index is 11.6. The predicted octanol–water partition coefficient (Wildman–Crippen LogP) is 2.60. The lowest BCUT2D eigenvalue weighted by Crippen LogP contribution is -2.29. The molecule has 2 amide bonds. The van der Waals surface area contributed by atoms with E-state index in [-0.39, 0.29) is 5.56 Å². The number of nitrogens with one attached hydrogen (secondary N) is 2. The van der Waals surface area contributed by atoms with E-state index >= 15 is 0 Å². The van der Waals surface area contributed by atoms with Crippen LogP contribution in [0.1, 0.15) is 34.1 Å². The zero-order valence-corrected chi connectivity index (χ0v) is 11.9. The van der Waals surface area contributed by atoms with Crippen molar-refractivity contribution >= 4 is 28.3 Å². The van der Waals surface area contributed by atoms with Gasteiger partial charge in [-0.2, -0.15) is 0 Å². The van der Waals surface area contributed by atoms with Crippen LogP contribution in [0.4, 0.5) is 9.80 Å². The number of amides is 2. The molecule has 0 atom stereocenters. The number of rotatable bonds is 4. The Hall–Kier alpha value is -2.00. The van der Waals surface area contributed by atoms with E-state index in [1.165, 1.54) is 11.3 Å². The minimum atomic E-state index is -1.03. The number of hydrogen-bond donors (Lipinski definition) is 3. The monoisotopic (exact) mass is 280 g/mol. The minimum Gasteiger partial charge on any atom is -0.478 e. The summed E-state index contributed by atoms with van der Waals surface area (Å²) in [7, 11) is 0. The topological polar surface area (TPSA) is 78.4 Å². The van der Waals surface area contributed by atoms with Crippen molar-refractivity contribution < 1.29 is 14.7 Å². The summed E-state index contributed by atoms with van der Waals surface area (Å²) in [5, 5.41) is 14.7. The van der Waals surface area contributed by atoms with Crippen LogP contribution in [0.25, 0.3) is 0 Å². The molecule has 0 aromatic carbocycles. The van der Waals surface area contributed by atoms with Gasteiger partial charge in [-0.15, -0.1) is 23.2 Å². The van der Waals surface area contributed by atoms with Gasteiger partial charge in [-0.25, -0.2) is 9.59 Å². The molecule has 0 saturated carbocycles. The van der Waals surface area contributed by atoms with E-state index in [0.29, 0.717) is 23.5 Å². The zero-order chi connectivity index (χ0) is 14.4. The quantitative estimate of drug-likeness (QED) is 0.586. The van der Waals surface area contributed by atoms with E-state index in [2.05, 4.69) is 22.5 Å². The molecule has 0 bridgehead atoms. The molecule has 3 N–H and O–H groups in total. The minimum absolute atomic E-state index is 0.158. The standard InChI is InChI=1S/C13H16N2O3S/c1-4-5-6-7-14-13(18)15-11-10(12(16)17)8(2)9(3)19-11/h6-7H2,1-3H3,(H,16,17)(H2,14,15,18). The van der Waals surface area contributed by atoms with E-state index < -0.39 is 12.0 Å². The molecule has 0 aliphatic heterocycles. The Bertz CT molecular complexity index is 552. The third kappa shape index (κ3) is 4.00. The summed E-state index contributed by atoms with van der Waals surface area (Å²) >= 11 is 1.26. The molecule has 5 nitrogen and oxygen atoms in total. The fourth-order valence-electron chi connectivity index (χ4n) is 1.48. The van der Waals surface area contributed by atoms with Gasteiger partial charge in [0.05, 0.1) is 5.56 Å². The second-order valence-corrected chi connectivity index (χ2v) is 5.07. The predicted molar refractivity (Wildman–Crippen MR) is 75.8 cm³/mol. The van der Waals surface area contributed by atoms with Crippen LogP contribution in [0, 0.1) is 25.7 Å². The lowest BCUT2D eigenvalue weighted by molar-refractivity contribution is 0.0697. The third-order valence-electron chi connectivity index (χ3n) is 2.54. The molecule has 0 aliphatic rings. The molecule has 0 aliphatic carbocycles. The molecule has 1 heterocycles. The number of carbonyl (C=O) groups is 2. The van der Waals surface area contributed by atoms with Crippen molar-refractivity contribution in [2.45, 2.75) is 27.2 Å². The van der Waals surface area contributed by atoms with Crippen molar-refractivity contribution in [1.82, 2.24) is 5.32 Å².